The zero-order valence-corrected chi connectivity index (χ0v) is 14.3. The standard InChI is InChI=1S/C16H20ClN3S/c1-10(2)18-9-13-5-6-14(17)8-15(13)21-16-19-11(3)7-12(4)20-16/h5-8,10,18H,9H2,1-4H3. The Morgan fingerprint density at radius 1 is 1.14 bits per heavy atom. The molecule has 0 radical (unpaired) electrons. The predicted octanol–water partition coefficient (Wildman–Crippen LogP) is 4.40. The average Bonchev–Trinajstić information content (AvgIpc) is 2.36. The maximum absolute atomic E-state index is 6.13. The summed E-state index contributed by atoms with van der Waals surface area (Å²) in [5, 5.41) is 4.93. The molecule has 5 heteroatoms. The second kappa shape index (κ2) is 7.25. The van der Waals surface area contributed by atoms with Gasteiger partial charge in [-0.15, -0.1) is 0 Å². The molecule has 0 aliphatic rings. The molecule has 1 heterocycles. The molecule has 0 amide bonds. The fourth-order valence-corrected chi connectivity index (χ4v) is 3.19. The molecule has 0 bridgehead atoms. The summed E-state index contributed by atoms with van der Waals surface area (Å²) in [5.74, 6) is 0. The van der Waals surface area contributed by atoms with Crippen LogP contribution in [0.3, 0.4) is 0 Å². The van der Waals surface area contributed by atoms with Crippen molar-refractivity contribution in [3.8, 4) is 0 Å². The molecule has 1 aromatic heterocycles. The molecule has 21 heavy (non-hydrogen) atoms. The smallest absolute Gasteiger partial charge is 0.192 e. The summed E-state index contributed by atoms with van der Waals surface area (Å²) in [4.78, 5) is 10.1. The monoisotopic (exact) mass is 321 g/mol. The van der Waals surface area contributed by atoms with E-state index in [-0.39, 0.29) is 0 Å². The van der Waals surface area contributed by atoms with Crippen LogP contribution in [0.5, 0.6) is 0 Å². The molecule has 0 aliphatic carbocycles. The van der Waals surface area contributed by atoms with E-state index in [9.17, 15) is 0 Å². The Balaban J connectivity index is 2.26. The summed E-state index contributed by atoms with van der Waals surface area (Å²) in [5.41, 5.74) is 3.17. The molecule has 0 spiro atoms. The number of halogens is 1. The average molecular weight is 322 g/mol. The van der Waals surface area contributed by atoms with Crippen molar-refractivity contribution in [1.29, 1.82) is 0 Å². The predicted molar refractivity (Wildman–Crippen MR) is 89.1 cm³/mol. The van der Waals surface area contributed by atoms with Crippen molar-refractivity contribution >= 4 is 23.4 Å². The van der Waals surface area contributed by atoms with Crippen molar-refractivity contribution in [2.45, 2.75) is 50.3 Å². The van der Waals surface area contributed by atoms with E-state index in [4.69, 9.17) is 11.6 Å². The van der Waals surface area contributed by atoms with Crippen LogP contribution in [0, 0.1) is 13.8 Å². The van der Waals surface area contributed by atoms with Crippen LogP contribution in [0.2, 0.25) is 5.02 Å². The van der Waals surface area contributed by atoms with Crippen molar-refractivity contribution < 1.29 is 0 Å². The topological polar surface area (TPSA) is 37.8 Å². The lowest BCUT2D eigenvalue weighted by Crippen LogP contribution is -2.22. The summed E-state index contributed by atoms with van der Waals surface area (Å²) >= 11 is 7.70. The number of hydrogen-bond donors (Lipinski definition) is 1. The molecule has 0 atom stereocenters. The Morgan fingerprint density at radius 2 is 1.81 bits per heavy atom. The van der Waals surface area contributed by atoms with Gasteiger partial charge in [-0.3, -0.25) is 0 Å². The van der Waals surface area contributed by atoms with Gasteiger partial charge in [-0.05, 0) is 49.4 Å². The molecule has 3 nitrogen and oxygen atoms in total. The lowest BCUT2D eigenvalue weighted by Gasteiger charge is -2.12. The zero-order valence-electron chi connectivity index (χ0n) is 12.8. The van der Waals surface area contributed by atoms with Crippen LogP contribution in [0.15, 0.2) is 34.3 Å². The second-order valence-corrected chi connectivity index (χ2v) is 6.77. The van der Waals surface area contributed by atoms with Gasteiger partial charge in [0.2, 0.25) is 0 Å². The molecule has 1 N–H and O–H groups in total. The number of hydrogen-bond acceptors (Lipinski definition) is 4. The highest BCUT2D eigenvalue weighted by Crippen LogP contribution is 2.30. The van der Waals surface area contributed by atoms with E-state index in [0.717, 1.165) is 33.0 Å². The fourth-order valence-electron chi connectivity index (χ4n) is 1.92. The molecule has 0 saturated heterocycles. The number of aryl methyl sites for hydroxylation is 2. The third-order valence-electron chi connectivity index (χ3n) is 2.89. The van der Waals surface area contributed by atoms with Gasteiger partial charge in [0.25, 0.3) is 0 Å². The van der Waals surface area contributed by atoms with Crippen LogP contribution < -0.4 is 5.32 Å². The van der Waals surface area contributed by atoms with E-state index in [1.807, 2.05) is 32.0 Å². The van der Waals surface area contributed by atoms with Gasteiger partial charge in [-0.2, -0.15) is 0 Å². The minimum absolute atomic E-state index is 0.441. The molecule has 1 aromatic carbocycles. The Hall–Kier alpha value is -1.10. The van der Waals surface area contributed by atoms with Crippen molar-refractivity contribution in [2.75, 3.05) is 0 Å². The summed E-state index contributed by atoms with van der Waals surface area (Å²) < 4.78 is 0. The quantitative estimate of drug-likeness (QED) is 0.828. The van der Waals surface area contributed by atoms with Crippen molar-refractivity contribution in [2.24, 2.45) is 0 Å². The van der Waals surface area contributed by atoms with Gasteiger partial charge < -0.3 is 5.32 Å². The molecule has 0 fully saturated rings. The van der Waals surface area contributed by atoms with Crippen molar-refractivity contribution in [1.82, 2.24) is 15.3 Å². The highest BCUT2D eigenvalue weighted by atomic mass is 35.5. The molecule has 0 aliphatic heterocycles. The molecule has 0 unspecified atom stereocenters. The van der Waals surface area contributed by atoms with E-state index < -0.39 is 0 Å². The summed E-state index contributed by atoms with van der Waals surface area (Å²) in [6.07, 6.45) is 0. The lowest BCUT2D eigenvalue weighted by molar-refractivity contribution is 0.584. The first-order valence-electron chi connectivity index (χ1n) is 6.96. The van der Waals surface area contributed by atoms with Gasteiger partial charge in [0.15, 0.2) is 5.16 Å². The lowest BCUT2D eigenvalue weighted by atomic mass is 10.2. The van der Waals surface area contributed by atoms with E-state index in [2.05, 4.69) is 35.2 Å². The van der Waals surface area contributed by atoms with E-state index in [0.29, 0.717) is 6.04 Å². The molecule has 112 valence electrons. The molecule has 0 saturated carbocycles. The van der Waals surface area contributed by atoms with E-state index >= 15 is 0 Å². The fraction of sp³-hybridized carbons (Fsp3) is 0.375. The third-order valence-corrected chi connectivity index (χ3v) is 4.09. The van der Waals surface area contributed by atoms with Crippen molar-refractivity contribution in [3.63, 3.8) is 0 Å². The number of aromatic nitrogens is 2. The van der Waals surface area contributed by atoms with E-state index in [1.54, 1.807) is 11.8 Å². The van der Waals surface area contributed by atoms with Gasteiger partial charge >= 0.3 is 0 Å². The maximum atomic E-state index is 6.13. The van der Waals surface area contributed by atoms with Crippen LogP contribution in [-0.2, 0) is 6.54 Å². The first-order valence-corrected chi connectivity index (χ1v) is 8.15. The SMILES string of the molecule is Cc1cc(C)nc(Sc2cc(Cl)ccc2CNC(C)C)n1. The largest absolute Gasteiger partial charge is 0.310 e. The van der Waals surface area contributed by atoms with E-state index in [1.165, 1.54) is 5.56 Å². The summed E-state index contributed by atoms with van der Waals surface area (Å²) in [6, 6.07) is 8.37. The van der Waals surface area contributed by atoms with Gasteiger partial charge in [0, 0.05) is 33.9 Å². The zero-order chi connectivity index (χ0) is 15.4. The van der Waals surface area contributed by atoms with Crippen LogP contribution in [0.1, 0.15) is 30.8 Å². The van der Waals surface area contributed by atoms with Crippen LogP contribution in [0.25, 0.3) is 0 Å². The van der Waals surface area contributed by atoms with Crippen molar-refractivity contribution in [3.05, 3.63) is 46.2 Å². The summed E-state index contributed by atoms with van der Waals surface area (Å²) in [7, 11) is 0. The normalized spacial score (nSPS) is 11.1. The molecule has 2 aromatic rings. The van der Waals surface area contributed by atoms with Gasteiger partial charge in [0.1, 0.15) is 0 Å². The Bertz CT molecular complexity index is 609. The van der Waals surface area contributed by atoms with Crippen LogP contribution in [-0.4, -0.2) is 16.0 Å². The van der Waals surface area contributed by atoms with Gasteiger partial charge in [0.05, 0.1) is 0 Å². The first kappa shape index (κ1) is 16.3. The maximum Gasteiger partial charge on any atom is 0.192 e. The highest BCUT2D eigenvalue weighted by Gasteiger charge is 2.09. The number of nitrogens with zero attached hydrogens (tertiary/aromatic N) is 2. The Morgan fingerprint density at radius 3 is 2.43 bits per heavy atom. The molecular formula is C16H20ClN3S. The minimum atomic E-state index is 0.441. The Labute approximate surface area is 135 Å². The first-order chi connectivity index (χ1) is 9.94. The molecular weight excluding hydrogens is 302 g/mol. The van der Waals surface area contributed by atoms with Gasteiger partial charge in [-0.25, -0.2) is 9.97 Å². The Kier molecular flexibility index (Phi) is 5.62. The number of nitrogens with one attached hydrogen (secondary N) is 1. The van der Waals surface area contributed by atoms with Crippen LogP contribution in [0.4, 0.5) is 0 Å². The molecule has 2 rings (SSSR count). The van der Waals surface area contributed by atoms with Gasteiger partial charge in [-0.1, -0.05) is 31.5 Å². The van der Waals surface area contributed by atoms with Crippen LogP contribution >= 0.6 is 23.4 Å². The highest BCUT2D eigenvalue weighted by molar-refractivity contribution is 7.99. The number of benzene rings is 1. The minimum Gasteiger partial charge on any atom is -0.310 e. The third kappa shape index (κ3) is 4.99. The second-order valence-electron chi connectivity index (χ2n) is 5.32. The number of rotatable bonds is 5. The summed E-state index contributed by atoms with van der Waals surface area (Å²) in [6.45, 7) is 9.05.